The molecular formula is C11H16N2O4S. The number of aliphatic hydroxyl groups is 1. The monoisotopic (exact) mass is 272 g/mol. The molecule has 18 heavy (non-hydrogen) atoms. The lowest BCUT2D eigenvalue weighted by atomic mass is 10.4. The minimum Gasteiger partial charge on any atom is -0.395 e. The van der Waals surface area contributed by atoms with E-state index in [0.29, 0.717) is 0 Å². The van der Waals surface area contributed by atoms with Crippen molar-refractivity contribution in [3.05, 3.63) is 30.3 Å². The second kappa shape index (κ2) is 6.48. The Morgan fingerprint density at radius 1 is 1.33 bits per heavy atom. The molecule has 0 fully saturated rings. The third-order valence-corrected chi connectivity index (χ3v) is 4.07. The minimum absolute atomic E-state index is 0.109. The zero-order valence-corrected chi connectivity index (χ0v) is 10.9. The first-order chi connectivity index (χ1) is 8.48. The van der Waals surface area contributed by atoms with Crippen LogP contribution in [0.1, 0.15) is 0 Å². The first kappa shape index (κ1) is 14.6. The highest BCUT2D eigenvalue weighted by Crippen LogP contribution is 2.12. The van der Waals surface area contributed by atoms with E-state index in [1.807, 2.05) is 0 Å². The number of carbonyl (C=O) groups is 1. The fourth-order valence-electron chi connectivity index (χ4n) is 1.31. The van der Waals surface area contributed by atoms with Crippen LogP contribution in [0.25, 0.3) is 0 Å². The molecule has 0 radical (unpaired) electrons. The van der Waals surface area contributed by atoms with Gasteiger partial charge in [0.25, 0.3) is 0 Å². The number of carbonyl (C=O) groups excluding carboxylic acids is 1. The molecule has 2 N–H and O–H groups in total. The van der Waals surface area contributed by atoms with Crippen LogP contribution in [0.5, 0.6) is 0 Å². The number of hydrogen-bond donors (Lipinski definition) is 2. The highest BCUT2D eigenvalue weighted by Gasteiger charge is 2.22. The van der Waals surface area contributed by atoms with Crippen LogP contribution in [0.4, 0.5) is 0 Å². The molecule has 100 valence electrons. The Bertz CT molecular complexity index is 487. The Morgan fingerprint density at radius 2 is 1.94 bits per heavy atom. The van der Waals surface area contributed by atoms with Gasteiger partial charge in [0.2, 0.25) is 15.9 Å². The summed E-state index contributed by atoms with van der Waals surface area (Å²) < 4.78 is 25.0. The molecule has 0 aromatic heterocycles. The minimum atomic E-state index is -3.65. The number of aliphatic hydroxyl groups excluding tert-OH is 1. The maximum Gasteiger partial charge on any atom is 0.243 e. The third-order valence-electron chi connectivity index (χ3n) is 2.25. The van der Waals surface area contributed by atoms with E-state index in [-0.39, 0.29) is 24.6 Å². The lowest BCUT2D eigenvalue weighted by Gasteiger charge is -2.16. The van der Waals surface area contributed by atoms with Gasteiger partial charge in [-0.2, -0.15) is 4.31 Å². The van der Waals surface area contributed by atoms with Gasteiger partial charge in [0, 0.05) is 13.6 Å². The van der Waals surface area contributed by atoms with Gasteiger partial charge in [-0.1, -0.05) is 18.2 Å². The van der Waals surface area contributed by atoms with E-state index >= 15 is 0 Å². The number of amides is 1. The van der Waals surface area contributed by atoms with Crippen LogP contribution in [0.2, 0.25) is 0 Å². The molecule has 6 nitrogen and oxygen atoms in total. The molecule has 1 amide bonds. The third kappa shape index (κ3) is 3.80. The van der Waals surface area contributed by atoms with Crippen molar-refractivity contribution in [1.82, 2.24) is 9.62 Å². The standard InChI is InChI=1S/C11H16N2O4S/c1-13(9-11(15)12-7-8-14)18(16,17)10-5-3-2-4-6-10/h2-6,14H,7-9H2,1H3,(H,12,15). The van der Waals surface area contributed by atoms with E-state index in [0.717, 1.165) is 4.31 Å². The molecule has 0 saturated carbocycles. The molecule has 0 saturated heterocycles. The van der Waals surface area contributed by atoms with Crippen molar-refractivity contribution in [1.29, 1.82) is 0 Å². The largest absolute Gasteiger partial charge is 0.395 e. The second-order valence-electron chi connectivity index (χ2n) is 3.65. The fraction of sp³-hybridized carbons (Fsp3) is 0.364. The van der Waals surface area contributed by atoms with Gasteiger partial charge in [-0.25, -0.2) is 8.42 Å². The summed E-state index contributed by atoms with van der Waals surface area (Å²) in [5.41, 5.74) is 0. The Labute approximate surface area is 106 Å². The topological polar surface area (TPSA) is 86.7 Å². The first-order valence-corrected chi connectivity index (χ1v) is 6.81. The Balaban J connectivity index is 2.72. The van der Waals surface area contributed by atoms with Gasteiger partial charge in [0.05, 0.1) is 18.0 Å². The first-order valence-electron chi connectivity index (χ1n) is 5.37. The lowest BCUT2D eigenvalue weighted by molar-refractivity contribution is -0.121. The Morgan fingerprint density at radius 3 is 2.50 bits per heavy atom. The highest BCUT2D eigenvalue weighted by atomic mass is 32.2. The Hall–Kier alpha value is -1.44. The summed E-state index contributed by atoms with van der Waals surface area (Å²) in [7, 11) is -2.31. The van der Waals surface area contributed by atoms with Gasteiger partial charge in [-0.3, -0.25) is 4.79 Å². The number of rotatable bonds is 6. The highest BCUT2D eigenvalue weighted by molar-refractivity contribution is 7.89. The lowest BCUT2D eigenvalue weighted by Crippen LogP contribution is -2.39. The number of hydrogen-bond acceptors (Lipinski definition) is 4. The molecule has 0 atom stereocenters. The average Bonchev–Trinajstić information content (AvgIpc) is 2.37. The van der Waals surface area contributed by atoms with E-state index in [1.54, 1.807) is 18.2 Å². The van der Waals surface area contributed by atoms with Crippen molar-refractivity contribution in [2.24, 2.45) is 0 Å². The van der Waals surface area contributed by atoms with Gasteiger partial charge in [0.15, 0.2) is 0 Å². The molecule has 1 rings (SSSR count). The summed E-state index contributed by atoms with van der Waals surface area (Å²) in [5.74, 6) is -0.453. The number of sulfonamides is 1. The summed E-state index contributed by atoms with van der Waals surface area (Å²) in [6.07, 6.45) is 0. The molecule has 0 spiro atoms. The number of nitrogens with one attached hydrogen (secondary N) is 1. The van der Waals surface area contributed by atoms with Crippen molar-refractivity contribution in [3.8, 4) is 0 Å². The number of nitrogens with zero attached hydrogens (tertiary/aromatic N) is 1. The molecule has 0 aliphatic carbocycles. The maximum atomic E-state index is 12.0. The zero-order chi connectivity index (χ0) is 13.6. The summed E-state index contributed by atoms with van der Waals surface area (Å²) in [6, 6.07) is 7.89. The molecule has 0 aliphatic rings. The molecule has 7 heteroatoms. The van der Waals surface area contributed by atoms with E-state index < -0.39 is 15.9 Å². The van der Waals surface area contributed by atoms with Crippen molar-refractivity contribution in [2.45, 2.75) is 4.90 Å². The number of benzene rings is 1. The van der Waals surface area contributed by atoms with Crippen LogP contribution in [-0.4, -0.2) is 50.5 Å². The van der Waals surface area contributed by atoms with Crippen LogP contribution in [0.15, 0.2) is 35.2 Å². The van der Waals surface area contributed by atoms with Crippen LogP contribution in [0.3, 0.4) is 0 Å². The zero-order valence-electron chi connectivity index (χ0n) is 10.0. The molecule has 0 heterocycles. The summed E-state index contributed by atoms with van der Waals surface area (Å²) in [4.78, 5) is 11.5. The molecule has 1 aromatic rings. The Kier molecular flexibility index (Phi) is 5.26. The average molecular weight is 272 g/mol. The molecule has 0 unspecified atom stereocenters. The van der Waals surface area contributed by atoms with Crippen LogP contribution in [0, 0.1) is 0 Å². The summed E-state index contributed by atoms with van der Waals surface area (Å²) in [5, 5.41) is 10.9. The van der Waals surface area contributed by atoms with Crippen molar-refractivity contribution in [3.63, 3.8) is 0 Å². The van der Waals surface area contributed by atoms with Gasteiger partial charge in [0.1, 0.15) is 0 Å². The molecular weight excluding hydrogens is 256 g/mol. The smallest absolute Gasteiger partial charge is 0.243 e. The van der Waals surface area contributed by atoms with Crippen molar-refractivity contribution >= 4 is 15.9 Å². The summed E-state index contributed by atoms with van der Waals surface area (Å²) in [6.45, 7) is -0.351. The molecule has 0 aliphatic heterocycles. The van der Waals surface area contributed by atoms with E-state index in [9.17, 15) is 13.2 Å². The van der Waals surface area contributed by atoms with E-state index in [1.165, 1.54) is 19.2 Å². The van der Waals surface area contributed by atoms with Gasteiger partial charge in [-0.15, -0.1) is 0 Å². The SMILES string of the molecule is CN(CC(=O)NCCO)S(=O)(=O)c1ccccc1. The molecule has 0 bridgehead atoms. The van der Waals surface area contributed by atoms with Crippen LogP contribution in [-0.2, 0) is 14.8 Å². The quantitative estimate of drug-likeness (QED) is 0.725. The molecule has 1 aromatic carbocycles. The van der Waals surface area contributed by atoms with Crippen LogP contribution >= 0.6 is 0 Å². The fourth-order valence-corrected chi connectivity index (χ4v) is 2.46. The summed E-state index contributed by atoms with van der Waals surface area (Å²) >= 11 is 0. The van der Waals surface area contributed by atoms with Crippen LogP contribution < -0.4 is 5.32 Å². The van der Waals surface area contributed by atoms with Crippen molar-refractivity contribution < 1.29 is 18.3 Å². The predicted octanol–water partition coefficient (Wildman–Crippen LogP) is -0.584. The van der Waals surface area contributed by atoms with E-state index in [2.05, 4.69) is 5.32 Å². The van der Waals surface area contributed by atoms with E-state index in [4.69, 9.17) is 5.11 Å². The van der Waals surface area contributed by atoms with Crippen molar-refractivity contribution in [2.75, 3.05) is 26.7 Å². The van der Waals surface area contributed by atoms with Gasteiger partial charge < -0.3 is 10.4 Å². The predicted molar refractivity (Wildman–Crippen MR) is 66.4 cm³/mol. The second-order valence-corrected chi connectivity index (χ2v) is 5.69. The van der Waals surface area contributed by atoms with Gasteiger partial charge >= 0.3 is 0 Å². The maximum absolute atomic E-state index is 12.0. The normalized spacial score (nSPS) is 11.5. The van der Waals surface area contributed by atoms with Gasteiger partial charge in [-0.05, 0) is 12.1 Å². The number of likely N-dealkylation sites (N-methyl/N-ethyl adjacent to an activating group) is 1.